The normalized spacial score (nSPS) is 11.9. The Morgan fingerprint density at radius 2 is 0.448 bits per heavy atom. The summed E-state index contributed by atoms with van der Waals surface area (Å²) in [6, 6.07) is 11.4. The molecule has 0 aliphatic rings. The van der Waals surface area contributed by atoms with Gasteiger partial charge in [0.05, 0.1) is 0 Å². The van der Waals surface area contributed by atoms with E-state index in [0.717, 1.165) is 13.1 Å². The zero-order valence-corrected chi connectivity index (χ0v) is 53.9. The SMILES string of the molecule is CN(C)CCN(C)C.C[Si](C)(C)[N-][Si](C)(C)C.C[Si](C)(C)[N-][Si](C)(C)C.C[Si](C)(C)[N-][Si](C)(C)C.C[Si](C)(C)[N-][Si](C)(C)C.[Mn+2].[Mn].c1ccncc1.c1ccncc1. The van der Waals surface area contributed by atoms with E-state index in [9.17, 15) is 0 Å². The average Bonchev–Trinajstić information content (AvgIpc) is 2.88. The Bertz CT molecular complexity index is 891. The quantitative estimate of drug-likeness (QED) is 0.210. The molecule has 0 aromatic carbocycles. The molecule has 0 saturated carbocycles. The molecule has 8 nitrogen and oxygen atoms in total. The van der Waals surface area contributed by atoms with Gasteiger partial charge in [0.15, 0.2) is 0 Å². The maximum absolute atomic E-state index is 4.82. The van der Waals surface area contributed by atoms with Gasteiger partial charge in [0.1, 0.15) is 0 Å². The fraction of sp³-hybridized carbons (Fsp3) is 0.750. The molecule has 2 aromatic heterocycles. The molecule has 18 heteroatoms. The zero-order chi connectivity index (χ0) is 45.9. The first kappa shape index (κ1) is 73.2. The number of aromatic nitrogens is 2. The van der Waals surface area contributed by atoms with Crippen LogP contribution in [0.4, 0.5) is 0 Å². The van der Waals surface area contributed by atoms with Crippen molar-refractivity contribution in [2.24, 2.45) is 0 Å². The Morgan fingerprint density at radius 1 is 0.310 bits per heavy atom. The average molecular weight is 1030 g/mol. The molecular weight excluding hydrogens is 927 g/mol. The maximum atomic E-state index is 4.82. The number of pyridine rings is 2. The van der Waals surface area contributed by atoms with E-state index in [-0.39, 0.29) is 34.1 Å². The molecule has 0 unspecified atom stereocenters. The van der Waals surface area contributed by atoms with Crippen molar-refractivity contribution in [2.75, 3.05) is 41.3 Å². The Labute approximate surface area is 395 Å². The molecule has 0 atom stereocenters. The molecule has 0 saturated heterocycles. The Morgan fingerprint density at radius 3 is 0.483 bits per heavy atom. The molecule has 0 aliphatic carbocycles. The van der Waals surface area contributed by atoms with Crippen molar-refractivity contribution < 1.29 is 34.1 Å². The van der Waals surface area contributed by atoms with Gasteiger partial charge in [0.25, 0.3) is 0 Å². The van der Waals surface area contributed by atoms with Gasteiger partial charge in [-0.1, -0.05) is 235 Å². The standard InChI is InChI=1S/C6H16N2.4C6H18NSi2.2C5H5N.2Mn/c1-7(2)5-6-8(3)4;4*1-8(2,3)7-9(4,5)6;2*1-2-4-6-5-3-1;;/h5-6H2,1-4H3;4*1-6H3;2*1-5H;;/q;4*-1;;;;+2. The number of hydrogen-bond acceptors (Lipinski definition) is 4. The van der Waals surface area contributed by atoms with E-state index in [2.05, 4.69) is 205 Å². The molecule has 0 aliphatic heterocycles. The van der Waals surface area contributed by atoms with Gasteiger partial charge in [0.2, 0.25) is 0 Å². The van der Waals surface area contributed by atoms with Crippen LogP contribution in [0.2, 0.25) is 157 Å². The van der Waals surface area contributed by atoms with Gasteiger partial charge in [-0.2, -0.15) is 0 Å². The number of rotatable bonds is 11. The van der Waals surface area contributed by atoms with Crippen molar-refractivity contribution in [1.29, 1.82) is 0 Å². The van der Waals surface area contributed by atoms with Gasteiger partial charge in [-0.05, 0) is 52.5 Å². The van der Waals surface area contributed by atoms with Crippen LogP contribution in [0.3, 0.4) is 0 Å². The minimum absolute atomic E-state index is 0. The third-order valence-electron chi connectivity index (χ3n) is 4.81. The van der Waals surface area contributed by atoms with E-state index in [1.165, 1.54) is 0 Å². The van der Waals surface area contributed by atoms with Crippen molar-refractivity contribution in [3.63, 3.8) is 0 Å². The largest absolute Gasteiger partial charge is 2.00 e. The predicted molar refractivity (Wildman–Crippen MR) is 286 cm³/mol. The van der Waals surface area contributed by atoms with Gasteiger partial charge in [-0.25, -0.2) is 0 Å². The van der Waals surface area contributed by atoms with E-state index < -0.39 is 65.9 Å². The van der Waals surface area contributed by atoms with Crippen LogP contribution >= 0.6 is 0 Å². The molecule has 0 amide bonds. The summed E-state index contributed by atoms with van der Waals surface area (Å²) in [7, 11) is -0.500. The number of nitrogens with zero attached hydrogens (tertiary/aromatic N) is 8. The van der Waals surface area contributed by atoms with E-state index >= 15 is 0 Å². The van der Waals surface area contributed by atoms with Crippen molar-refractivity contribution in [1.82, 2.24) is 19.8 Å². The maximum Gasteiger partial charge on any atom is 2.00 e. The first-order valence-electron chi connectivity index (χ1n) is 20.4. The van der Waals surface area contributed by atoms with Crippen molar-refractivity contribution in [2.45, 2.75) is 157 Å². The van der Waals surface area contributed by atoms with E-state index in [0.29, 0.717) is 0 Å². The molecule has 0 spiro atoms. The van der Waals surface area contributed by atoms with Crippen LogP contribution in [-0.2, 0) is 34.1 Å². The second-order valence-corrected chi connectivity index (χ2v) is 60.8. The summed E-state index contributed by atoms with van der Waals surface area (Å²) >= 11 is 0. The Balaban J connectivity index is -0.000000104. The number of hydrogen-bond donors (Lipinski definition) is 0. The minimum Gasteiger partial charge on any atom is -0.668 e. The summed E-state index contributed by atoms with van der Waals surface area (Å²) in [5.74, 6) is 0. The van der Waals surface area contributed by atoms with Crippen LogP contribution in [0.1, 0.15) is 0 Å². The fourth-order valence-electron chi connectivity index (χ4n) is 5.05. The molecule has 2 aromatic rings. The van der Waals surface area contributed by atoms with Crippen LogP contribution in [0.5, 0.6) is 0 Å². The summed E-state index contributed by atoms with van der Waals surface area (Å²) in [6.45, 7) is 57.4. The van der Waals surface area contributed by atoms with Crippen molar-refractivity contribution in [3.05, 3.63) is 79.8 Å². The third-order valence-corrected chi connectivity index (χ3v) is 26.3. The summed E-state index contributed by atoms with van der Waals surface area (Å²) in [6.07, 6.45) is 7.00. The second kappa shape index (κ2) is 35.2. The topological polar surface area (TPSA) is 88.7 Å². The van der Waals surface area contributed by atoms with E-state index in [1.54, 1.807) is 24.8 Å². The smallest absolute Gasteiger partial charge is 0.668 e. The van der Waals surface area contributed by atoms with Crippen LogP contribution in [0, 0.1) is 0 Å². The summed E-state index contributed by atoms with van der Waals surface area (Å²) in [4.78, 5) is 11.9. The molecule has 2 radical (unpaired) electrons. The molecule has 0 N–H and O–H groups in total. The summed E-state index contributed by atoms with van der Waals surface area (Å²) in [5.41, 5.74) is 0. The molecular formula is C40H98Mn2N8Si8-2. The molecule has 0 bridgehead atoms. The van der Waals surface area contributed by atoms with E-state index in [4.69, 9.17) is 18.6 Å². The molecule has 2 heterocycles. The molecule has 2 rings (SSSR count). The van der Waals surface area contributed by atoms with Crippen LogP contribution in [0.15, 0.2) is 61.2 Å². The van der Waals surface area contributed by atoms with Crippen LogP contribution in [-0.4, -0.2) is 127 Å². The van der Waals surface area contributed by atoms with E-state index in [1.807, 2.05) is 36.4 Å². The van der Waals surface area contributed by atoms with Gasteiger partial charge < -0.3 is 28.4 Å². The van der Waals surface area contributed by atoms with Gasteiger partial charge in [-0.3, -0.25) is 9.97 Å². The fourth-order valence-corrected chi connectivity index (χ4v) is 37.2. The second-order valence-electron chi connectivity index (χ2n) is 22.5. The monoisotopic (exact) mass is 1020 g/mol. The van der Waals surface area contributed by atoms with Gasteiger partial charge >= 0.3 is 17.1 Å². The van der Waals surface area contributed by atoms with Crippen molar-refractivity contribution in [3.8, 4) is 0 Å². The van der Waals surface area contributed by atoms with Crippen LogP contribution < -0.4 is 0 Å². The van der Waals surface area contributed by atoms with Crippen LogP contribution in [0.25, 0.3) is 18.6 Å². The van der Waals surface area contributed by atoms with Gasteiger partial charge in [0, 0.05) is 54.9 Å². The number of likely N-dealkylation sites (N-methyl/N-ethyl adjacent to an activating group) is 2. The minimum atomic E-state index is -1.11. The Hall–Kier alpha value is 0.834. The first-order chi connectivity index (χ1) is 24.5. The molecule has 0 fully saturated rings. The van der Waals surface area contributed by atoms with Gasteiger partial charge in [-0.15, -0.1) is 0 Å². The molecule has 58 heavy (non-hydrogen) atoms. The summed E-state index contributed by atoms with van der Waals surface area (Å²) in [5, 5.41) is 0. The third kappa shape index (κ3) is 101. The Kier molecular flexibility index (Phi) is 44.5. The van der Waals surface area contributed by atoms with Crippen molar-refractivity contribution >= 4 is 65.9 Å². The predicted octanol–water partition coefficient (Wildman–Crippen LogP) is 14.4. The zero-order valence-electron chi connectivity index (χ0n) is 43.5. The summed E-state index contributed by atoms with van der Waals surface area (Å²) < 4.78 is 19.3. The first-order valence-corrected chi connectivity index (χ1v) is 48.0. The molecule has 346 valence electrons.